The van der Waals surface area contributed by atoms with Crippen molar-refractivity contribution in [2.24, 2.45) is 0 Å². The summed E-state index contributed by atoms with van der Waals surface area (Å²) in [6.07, 6.45) is 2.20. The van der Waals surface area contributed by atoms with Gasteiger partial charge < -0.3 is 9.80 Å². The number of hydrogen-bond donors (Lipinski definition) is 1. The Labute approximate surface area is 189 Å². The van der Waals surface area contributed by atoms with Crippen molar-refractivity contribution in [1.82, 2.24) is 4.72 Å². The Morgan fingerprint density at radius 3 is 2.65 bits per heavy atom. The molecule has 0 aliphatic carbocycles. The fraction of sp³-hybridized carbons (Fsp3) is 0.300. The van der Waals surface area contributed by atoms with Gasteiger partial charge in [-0.1, -0.05) is 11.6 Å². The molecular formula is C20H21ClFN3O4S2. The lowest BCUT2D eigenvalue weighted by Crippen LogP contribution is -2.41. The summed E-state index contributed by atoms with van der Waals surface area (Å²) in [6, 6.07) is 6.32. The molecule has 11 heteroatoms. The Morgan fingerprint density at radius 1 is 1.32 bits per heavy atom. The summed E-state index contributed by atoms with van der Waals surface area (Å²) in [7, 11) is -3.89. The van der Waals surface area contributed by atoms with Crippen LogP contribution in [0.3, 0.4) is 0 Å². The van der Waals surface area contributed by atoms with Crippen LogP contribution in [-0.2, 0) is 19.6 Å². The highest BCUT2D eigenvalue weighted by molar-refractivity contribution is 7.92. The smallest absolute Gasteiger partial charge is 0.245 e. The lowest BCUT2D eigenvalue weighted by Gasteiger charge is -2.23. The molecule has 31 heavy (non-hydrogen) atoms. The van der Waals surface area contributed by atoms with Crippen molar-refractivity contribution in [3.8, 4) is 0 Å². The second kappa shape index (κ2) is 9.47. The molecular weight excluding hydrogens is 465 g/mol. The molecule has 1 saturated heterocycles. The van der Waals surface area contributed by atoms with Crippen molar-refractivity contribution in [2.45, 2.75) is 32.4 Å². The third-order valence-corrected chi connectivity index (χ3v) is 7.01. The van der Waals surface area contributed by atoms with E-state index in [1.54, 1.807) is 32.0 Å². The molecule has 2 amide bonds. The second-order valence-electron chi connectivity index (χ2n) is 7.18. The Kier molecular flexibility index (Phi) is 7.15. The van der Waals surface area contributed by atoms with Gasteiger partial charge in [0.2, 0.25) is 22.3 Å². The lowest BCUT2D eigenvalue weighted by atomic mass is 10.2. The van der Waals surface area contributed by atoms with Gasteiger partial charge in [0, 0.05) is 28.6 Å². The zero-order valence-electron chi connectivity index (χ0n) is 16.8. The van der Waals surface area contributed by atoms with Crippen LogP contribution in [0.4, 0.5) is 15.8 Å². The first-order chi connectivity index (χ1) is 14.6. The molecule has 1 fully saturated rings. The summed E-state index contributed by atoms with van der Waals surface area (Å²) in [6.45, 7) is 3.75. The van der Waals surface area contributed by atoms with Crippen LogP contribution in [0.15, 0.2) is 35.7 Å². The van der Waals surface area contributed by atoms with Gasteiger partial charge in [-0.05, 0) is 56.7 Å². The van der Waals surface area contributed by atoms with Crippen LogP contribution in [-0.4, -0.2) is 39.4 Å². The maximum Gasteiger partial charge on any atom is 0.245 e. The van der Waals surface area contributed by atoms with Crippen molar-refractivity contribution < 1.29 is 22.4 Å². The molecule has 1 atom stereocenters. The van der Waals surface area contributed by atoms with E-state index < -0.39 is 27.8 Å². The maximum absolute atomic E-state index is 14.7. The number of sulfonamides is 1. The summed E-state index contributed by atoms with van der Waals surface area (Å²) in [5.41, 5.74) is 0.405. The molecule has 0 radical (unpaired) electrons. The number of carbonyl (C=O) groups excluding carboxylic acids is 2. The Balaban J connectivity index is 1.72. The predicted molar refractivity (Wildman–Crippen MR) is 121 cm³/mol. The molecule has 0 spiro atoms. The van der Waals surface area contributed by atoms with Gasteiger partial charge in [-0.3, -0.25) is 9.59 Å². The topological polar surface area (TPSA) is 86.8 Å². The first-order valence-corrected chi connectivity index (χ1v) is 12.2. The van der Waals surface area contributed by atoms with Crippen molar-refractivity contribution in [1.29, 1.82) is 0 Å². The van der Waals surface area contributed by atoms with Crippen LogP contribution in [0.25, 0.3) is 6.08 Å². The minimum Gasteiger partial charge on any atom is -0.312 e. The van der Waals surface area contributed by atoms with E-state index in [-0.39, 0.29) is 24.7 Å². The number of carbonyl (C=O) groups is 2. The molecule has 3 rings (SSSR count). The number of thiophene rings is 1. The summed E-state index contributed by atoms with van der Waals surface area (Å²) in [4.78, 5) is 27.2. The summed E-state index contributed by atoms with van der Waals surface area (Å²) in [5, 5.41) is 0.973. The van der Waals surface area contributed by atoms with Gasteiger partial charge >= 0.3 is 0 Å². The zero-order chi connectivity index (χ0) is 22.8. The van der Waals surface area contributed by atoms with E-state index >= 15 is 0 Å². The highest BCUT2D eigenvalue weighted by Crippen LogP contribution is 2.29. The molecule has 1 aromatic carbocycles. The van der Waals surface area contributed by atoms with E-state index in [9.17, 15) is 22.4 Å². The van der Waals surface area contributed by atoms with Gasteiger partial charge in [0.15, 0.2) is 0 Å². The number of halogens is 2. The molecule has 0 unspecified atom stereocenters. The monoisotopic (exact) mass is 485 g/mol. The van der Waals surface area contributed by atoms with Gasteiger partial charge in [0.25, 0.3) is 0 Å². The number of hydrogen-bond acceptors (Lipinski definition) is 5. The van der Waals surface area contributed by atoms with Gasteiger partial charge in [0.1, 0.15) is 11.9 Å². The molecule has 2 heterocycles. The van der Waals surface area contributed by atoms with Crippen molar-refractivity contribution in [2.75, 3.05) is 16.3 Å². The standard InChI is InChI=1S/C20H21ClFN3O4S2/c1-13(2)25(12-26)14-3-5-18(16(22)11-14)24-9-7-17(20(24)27)23-31(28,29)10-8-15-4-6-19(21)30-15/h3-6,8,10-13,17,23H,7,9H2,1-2H3/t17-/m0/s1. The fourth-order valence-electron chi connectivity index (χ4n) is 3.20. The highest BCUT2D eigenvalue weighted by Gasteiger charge is 2.36. The van der Waals surface area contributed by atoms with Crippen molar-refractivity contribution in [3.05, 3.63) is 50.8 Å². The van der Waals surface area contributed by atoms with E-state index in [2.05, 4.69) is 4.72 Å². The van der Waals surface area contributed by atoms with Crippen LogP contribution in [0, 0.1) is 5.82 Å². The van der Waals surface area contributed by atoms with Crippen LogP contribution in [0.5, 0.6) is 0 Å². The predicted octanol–water partition coefficient (Wildman–Crippen LogP) is 3.61. The first kappa shape index (κ1) is 23.4. The molecule has 0 saturated carbocycles. The maximum atomic E-state index is 14.7. The Morgan fingerprint density at radius 2 is 2.06 bits per heavy atom. The lowest BCUT2D eigenvalue weighted by molar-refractivity contribution is -0.118. The van der Waals surface area contributed by atoms with Gasteiger partial charge in [-0.15, -0.1) is 11.3 Å². The molecule has 1 N–H and O–H groups in total. The third kappa shape index (κ3) is 5.51. The quantitative estimate of drug-likeness (QED) is 0.579. The number of rotatable bonds is 8. The van der Waals surface area contributed by atoms with Crippen LogP contribution in [0.2, 0.25) is 4.34 Å². The van der Waals surface area contributed by atoms with Crippen molar-refractivity contribution >= 4 is 62.7 Å². The Hall–Kier alpha value is -2.27. The summed E-state index contributed by atoms with van der Waals surface area (Å²) >= 11 is 7.05. The minimum atomic E-state index is -3.89. The molecule has 1 aliphatic heterocycles. The van der Waals surface area contributed by atoms with Gasteiger partial charge in [-0.25, -0.2) is 12.8 Å². The van der Waals surface area contributed by atoms with E-state index in [4.69, 9.17) is 11.6 Å². The summed E-state index contributed by atoms with van der Waals surface area (Å²) in [5.74, 6) is -1.21. The molecule has 1 aliphatic rings. The highest BCUT2D eigenvalue weighted by atomic mass is 35.5. The molecule has 1 aromatic heterocycles. The van der Waals surface area contributed by atoms with E-state index in [1.165, 1.54) is 39.3 Å². The number of amides is 2. The van der Waals surface area contributed by atoms with E-state index in [0.29, 0.717) is 21.3 Å². The van der Waals surface area contributed by atoms with E-state index in [1.807, 2.05) is 0 Å². The SMILES string of the molecule is CC(C)N(C=O)c1ccc(N2CC[C@H](NS(=O)(=O)C=Cc3ccc(Cl)s3)C2=O)c(F)c1. The molecule has 2 aromatic rings. The van der Waals surface area contributed by atoms with Gasteiger partial charge in [-0.2, -0.15) is 4.72 Å². The number of nitrogens with zero attached hydrogens (tertiary/aromatic N) is 2. The number of benzene rings is 1. The average Bonchev–Trinajstić information content (AvgIpc) is 3.27. The largest absolute Gasteiger partial charge is 0.312 e. The molecule has 166 valence electrons. The zero-order valence-corrected chi connectivity index (χ0v) is 19.2. The first-order valence-electron chi connectivity index (χ1n) is 9.41. The van der Waals surface area contributed by atoms with Crippen LogP contribution >= 0.6 is 22.9 Å². The van der Waals surface area contributed by atoms with Crippen molar-refractivity contribution in [3.63, 3.8) is 0 Å². The molecule has 7 nitrogen and oxygen atoms in total. The summed E-state index contributed by atoms with van der Waals surface area (Å²) < 4.78 is 42.2. The normalized spacial score (nSPS) is 17.1. The molecule has 0 bridgehead atoms. The second-order valence-corrected chi connectivity index (χ2v) is 10.5. The van der Waals surface area contributed by atoms with E-state index in [0.717, 1.165) is 5.41 Å². The number of anilines is 2. The fourth-order valence-corrected chi connectivity index (χ4v) is 5.27. The van der Waals surface area contributed by atoms with Gasteiger partial charge in [0.05, 0.1) is 10.0 Å². The average molecular weight is 486 g/mol. The van der Waals surface area contributed by atoms with Crippen LogP contribution in [0.1, 0.15) is 25.1 Å². The Bertz CT molecular complexity index is 1120. The number of nitrogens with one attached hydrogen (secondary N) is 1. The minimum absolute atomic E-state index is 0.0359. The van der Waals surface area contributed by atoms with Crippen LogP contribution < -0.4 is 14.5 Å². The third-order valence-electron chi connectivity index (χ3n) is 4.71.